The van der Waals surface area contributed by atoms with Gasteiger partial charge in [0.1, 0.15) is 0 Å². The third kappa shape index (κ3) is 4.45. The number of nitrogens with zero attached hydrogens (tertiary/aromatic N) is 2. The minimum atomic E-state index is 0.956. The van der Waals surface area contributed by atoms with E-state index in [1.807, 2.05) is 36.8 Å². The van der Waals surface area contributed by atoms with Crippen molar-refractivity contribution in [2.45, 2.75) is 6.92 Å². The Morgan fingerprint density at radius 3 is 1.60 bits per heavy atom. The minimum Gasteiger partial charge on any atom is -0.265 e. The average molecular weight is 549 g/mol. The summed E-state index contributed by atoms with van der Waals surface area (Å²) in [5, 5.41) is 7.57. The molecule has 8 rings (SSSR count). The van der Waals surface area contributed by atoms with E-state index in [9.17, 15) is 0 Å². The van der Waals surface area contributed by atoms with Crippen LogP contribution in [0.4, 0.5) is 0 Å². The van der Waals surface area contributed by atoms with Gasteiger partial charge in [0.25, 0.3) is 0 Å². The van der Waals surface area contributed by atoms with Crippen LogP contribution in [0.15, 0.2) is 152 Å². The van der Waals surface area contributed by atoms with Crippen molar-refractivity contribution in [3.63, 3.8) is 0 Å². The Morgan fingerprint density at radius 1 is 0.395 bits per heavy atom. The third-order valence-electron chi connectivity index (χ3n) is 8.46. The molecule has 0 aliphatic carbocycles. The summed E-state index contributed by atoms with van der Waals surface area (Å²) in [6, 6.07) is 48.3. The first-order valence-corrected chi connectivity index (χ1v) is 14.6. The molecule has 202 valence electrons. The first-order chi connectivity index (χ1) is 21.2. The lowest BCUT2D eigenvalue weighted by molar-refractivity contribution is 1.31. The van der Waals surface area contributed by atoms with Crippen LogP contribution in [0.1, 0.15) is 5.56 Å². The molecule has 0 spiro atoms. The van der Waals surface area contributed by atoms with Crippen LogP contribution in [0.3, 0.4) is 0 Å². The van der Waals surface area contributed by atoms with Crippen molar-refractivity contribution in [1.29, 1.82) is 0 Å². The maximum absolute atomic E-state index is 4.69. The first kappa shape index (κ1) is 25.1. The Balaban J connectivity index is 1.29. The molecular weight excluding hydrogens is 520 g/mol. The number of fused-ring (bicyclic) bond motifs is 3. The van der Waals surface area contributed by atoms with Gasteiger partial charge >= 0.3 is 0 Å². The lowest BCUT2D eigenvalue weighted by atomic mass is 9.85. The van der Waals surface area contributed by atoms with Crippen molar-refractivity contribution in [1.82, 2.24) is 9.97 Å². The highest BCUT2D eigenvalue weighted by Gasteiger charge is 2.17. The summed E-state index contributed by atoms with van der Waals surface area (Å²) in [7, 11) is 0. The fourth-order valence-electron chi connectivity index (χ4n) is 6.39. The minimum absolute atomic E-state index is 0.956. The zero-order valence-electron chi connectivity index (χ0n) is 23.8. The Morgan fingerprint density at radius 2 is 0.930 bits per heavy atom. The van der Waals surface area contributed by atoms with E-state index in [4.69, 9.17) is 4.98 Å². The summed E-state index contributed by atoms with van der Waals surface area (Å²) in [4.78, 5) is 8.85. The monoisotopic (exact) mass is 548 g/mol. The molecule has 43 heavy (non-hydrogen) atoms. The van der Waals surface area contributed by atoms with Gasteiger partial charge in [0.2, 0.25) is 0 Å². The van der Waals surface area contributed by atoms with Crippen molar-refractivity contribution >= 4 is 32.3 Å². The third-order valence-corrected chi connectivity index (χ3v) is 8.46. The summed E-state index contributed by atoms with van der Waals surface area (Å²) in [5.41, 5.74) is 10.6. The number of benzene rings is 6. The fourth-order valence-corrected chi connectivity index (χ4v) is 6.39. The van der Waals surface area contributed by atoms with E-state index < -0.39 is 0 Å². The van der Waals surface area contributed by atoms with Gasteiger partial charge in [0.15, 0.2) is 0 Å². The van der Waals surface area contributed by atoms with E-state index in [-0.39, 0.29) is 0 Å². The maximum Gasteiger partial charge on any atom is 0.0708 e. The van der Waals surface area contributed by atoms with E-state index >= 15 is 0 Å². The standard InChI is InChI=1S/C41H28N2/c1-27-10-11-32-25-34(17-16-31(32)24-27)41-37-8-4-2-6-35(37)40(36-7-3-5-9-38(36)41)30-14-12-29(13-15-30)39-26-33(20-23-43-39)28-18-21-42-22-19-28/h2-26H,1H3. The largest absolute Gasteiger partial charge is 0.265 e. The molecule has 0 bridgehead atoms. The van der Waals surface area contributed by atoms with Crippen LogP contribution in [-0.4, -0.2) is 9.97 Å². The molecule has 0 fully saturated rings. The highest BCUT2D eigenvalue weighted by atomic mass is 14.7. The number of aryl methyl sites for hydroxylation is 1. The lowest BCUT2D eigenvalue weighted by Gasteiger charge is -2.18. The molecule has 0 saturated heterocycles. The first-order valence-electron chi connectivity index (χ1n) is 14.6. The zero-order chi connectivity index (χ0) is 28.8. The Bertz CT molecular complexity index is 2230. The van der Waals surface area contributed by atoms with E-state index in [2.05, 4.69) is 127 Å². The van der Waals surface area contributed by atoms with Gasteiger partial charge in [0, 0.05) is 24.2 Å². The van der Waals surface area contributed by atoms with Crippen molar-refractivity contribution in [2.24, 2.45) is 0 Å². The summed E-state index contributed by atoms with van der Waals surface area (Å²) in [6.45, 7) is 2.15. The van der Waals surface area contributed by atoms with Crippen LogP contribution in [0.2, 0.25) is 0 Å². The smallest absolute Gasteiger partial charge is 0.0708 e. The van der Waals surface area contributed by atoms with Crippen LogP contribution in [0, 0.1) is 6.92 Å². The molecule has 2 heterocycles. The molecule has 8 aromatic rings. The second-order valence-electron chi connectivity index (χ2n) is 11.1. The molecule has 0 unspecified atom stereocenters. The average Bonchev–Trinajstić information content (AvgIpc) is 3.07. The molecule has 0 amide bonds. The van der Waals surface area contributed by atoms with E-state index in [0.717, 1.165) is 22.4 Å². The molecule has 6 aromatic carbocycles. The molecule has 0 N–H and O–H groups in total. The predicted octanol–water partition coefficient (Wildman–Crippen LogP) is 10.9. The van der Waals surface area contributed by atoms with E-state index in [1.54, 1.807) is 0 Å². The molecule has 2 aromatic heterocycles. The highest BCUT2D eigenvalue weighted by molar-refractivity contribution is 6.21. The zero-order valence-corrected chi connectivity index (χ0v) is 23.8. The second kappa shape index (κ2) is 10.3. The van der Waals surface area contributed by atoms with Crippen LogP contribution in [0.25, 0.3) is 77.0 Å². The quantitative estimate of drug-likeness (QED) is 0.204. The van der Waals surface area contributed by atoms with Crippen molar-refractivity contribution in [3.05, 3.63) is 158 Å². The Hall–Kier alpha value is -5.60. The van der Waals surface area contributed by atoms with Crippen molar-refractivity contribution < 1.29 is 0 Å². The molecule has 2 nitrogen and oxygen atoms in total. The summed E-state index contributed by atoms with van der Waals surface area (Å²) >= 11 is 0. The highest BCUT2D eigenvalue weighted by Crippen LogP contribution is 2.44. The fraction of sp³-hybridized carbons (Fsp3) is 0.0244. The number of hydrogen-bond donors (Lipinski definition) is 0. The molecular formula is C41H28N2. The molecule has 0 aliphatic rings. The van der Waals surface area contributed by atoms with Gasteiger partial charge in [-0.3, -0.25) is 9.97 Å². The topological polar surface area (TPSA) is 25.8 Å². The molecule has 0 saturated carbocycles. The second-order valence-corrected chi connectivity index (χ2v) is 11.1. The maximum atomic E-state index is 4.69. The Labute approximate surface area is 251 Å². The van der Waals surface area contributed by atoms with Gasteiger partial charge in [-0.2, -0.15) is 0 Å². The van der Waals surface area contributed by atoms with Crippen LogP contribution < -0.4 is 0 Å². The van der Waals surface area contributed by atoms with Crippen LogP contribution in [-0.2, 0) is 0 Å². The van der Waals surface area contributed by atoms with Gasteiger partial charge in [-0.15, -0.1) is 0 Å². The number of aromatic nitrogens is 2. The molecule has 0 radical (unpaired) electrons. The SMILES string of the molecule is Cc1ccc2cc(-c3c4ccccc4c(-c4ccc(-c5cc(-c6ccncc6)ccn5)cc4)c4ccccc34)ccc2c1. The molecule has 2 heteroatoms. The predicted molar refractivity (Wildman–Crippen MR) is 181 cm³/mol. The molecule has 0 atom stereocenters. The summed E-state index contributed by atoms with van der Waals surface area (Å²) in [6.07, 6.45) is 5.53. The lowest BCUT2D eigenvalue weighted by Crippen LogP contribution is -1.91. The Kier molecular flexibility index (Phi) is 6.05. The normalized spacial score (nSPS) is 11.4. The van der Waals surface area contributed by atoms with Crippen molar-refractivity contribution in [3.8, 4) is 44.6 Å². The van der Waals surface area contributed by atoms with Gasteiger partial charge in [-0.05, 0) is 103 Å². The van der Waals surface area contributed by atoms with Crippen LogP contribution in [0.5, 0.6) is 0 Å². The number of rotatable bonds is 4. The molecule has 0 aliphatic heterocycles. The van der Waals surface area contributed by atoms with Gasteiger partial charge in [0.05, 0.1) is 5.69 Å². The van der Waals surface area contributed by atoms with Crippen LogP contribution >= 0.6 is 0 Å². The summed E-state index contributed by atoms with van der Waals surface area (Å²) < 4.78 is 0. The summed E-state index contributed by atoms with van der Waals surface area (Å²) in [5.74, 6) is 0. The number of pyridine rings is 2. The van der Waals surface area contributed by atoms with Gasteiger partial charge in [-0.1, -0.05) is 109 Å². The van der Waals surface area contributed by atoms with E-state index in [0.29, 0.717) is 0 Å². The van der Waals surface area contributed by atoms with Gasteiger partial charge < -0.3 is 0 Å². The van der Waals surface area contributed by atoms with Crippen molar-refractivity contribution in [2.75, 3.05) is 0 Å². The van der Waals surface area contributed by atoms with Gasteiger partial charge in [-0.25, -0.2) is 0 Å². The number of hydrogen-bond acceptors (Lipinski definition) is 2. The van der Waals surface area contributed by atoms with E-state index in [1.165, 1.54) is 60.1 Å².